The van der Waals surface area contributed by atoms with E-state index in [4.69, 9.17) is 0 Å². The van der Waals surface area contributed by atoms with E-state index in [1.165, 1.54) is 16.8 Å². The molecular formula is C11H13F3N2. The van der Waals surface area contributed by atoms with E-state index < -0.39 is 12.3 Å². The first-order valence-electron chi connectivity index (χ1n) is 5.12. The zero-order valence-electron chi connectivity index (χ0n) is 9.12. The number of anilines is 2. The lowest BCUT2D eigenvalue weighted by Crippen LogP contribution is -2.51. The van der Waals surface area contributed by atoms with Crippen LogP contribution >= 0.6 is 0 Å². The Labute approximate surface area is 92.3 Å². The van der Waals surface area contributed by atoms with Crippen molar-refractivity contribution in [1.29, 1.82) is 0 Å². The first kappa shape index (κ1) is 11.1. The zero-order valence-corrected chi connectivity index (χ0v) is 9.12. The van der Waals surface area contributed by atoms with E-state index in [0.717, 1.165) is 0 Å². The van der Waals surface area contributed by atoms with Crippen LogP contribution < -0.4 is 9.80 Å². The third-order valence-corrected chi connectivity index (χ3v) is 2.87. The summed E-state index contributed by atoms with van der Waals surface area (Å²) < 4.78 is 38.8. The number of hydrogen-bond acceptors (Lipinski definition) is 2. The van der Waals surface area contributed by atoms with Crippen LogP contribution in [0, 0.1) is 0 Å². The molecule has 0 radical (unpaired) electrons. The molecule has 0 aliphatic carbocycles. The molecule has 16 heavy (non-hydrogen) atoms. The van der Waals surface area contributed by atoms with Crippen LogP contribution in [-0.4, -0.2) is 25.9 Å². The average Bonchev–Trinajstić information content (AvgIpc) is 2.51. The summed E-state index contributed by atoms with van der Waals surface area (Å²) in [4.78, 5) is 2.65. The van der Waals surface area contributed by atoms with Crippen LogP contribution in [0.15, 0.2) is 24.3 Å². The molecule has 2 nitrogen and oxygen atoms in total. The molecule has 0 saturated carbocycles. The number of halogens is 3. The summed E-state index contributed by atoms with van der Waals surface area (Å²) in [5.74, 6) is 0. The molecule has 0 amide bonds. The molecule has 0 fully saturated rings. The molecule has 1 aliphatic heterocycles. The third kappa shape index (κ3) is 1.50. The minimum Gasteiger partial charge on any atom is -0.345 e. The number of para-hydroxylation sites is 2. The fourth-order valence-electron chi connectivity index (χ4n) is 2.22. The topological polar surface area (TPSA) is 6.48 Å². The Bertz CT molecular complexity index is 389. The highest BCUT2D eigenvalue weighted by atomic mass is 19.4. The summed E-state index contributed by atoms with van der Waals surface area (Å²) in [6.07, 6.45) is -5.79. The standard InChI is InChI=1S/C11H13F3N2/c1-3-16-9-7-5-4-6-8(9)15(2)10(16)11(12,13)14/h4-7,10H,3H2,1-2H3. The molecule has 1 heterocycles. The molecule has 1 aromatic rings. The Hall–Kier alpha value is -1.39. The van der Waals surface area contributed by atoms with E-state index in [9.17, 15) is 13.2 Å². The predicted molar refractivity (Wildman–Crippen MR) is 57.7 cm³/mol. The minimum absolute atomic E-state index is 0.339. The first-order chi connectivity index (χ1) is 7.46. The number of nitrogens with zero attached hydrogens (tertiary/aromatic N) is 2. The molecule has 0 saturated heterocycles. The Morgan fingerprint density at radius 3 is 2.25 bits per heavy atom. The highest BCUT2D eigenvalue weighted by Gasteiger charge is 2.50. The lowest BCUT2D eigenvalue weighted by Gasteiger charge is -2.31. The second-order valence-corrected chi connectivity index (χ2v) is 3.80. The van der Waals surface area contributed by atoms with Crippen LogP contribution in [-0.2, 0) is 0 Å². The maximum absolute atomic E-state index is 12.9. The molecule has 88 valence electrons. The maximum atomic E-state index is 12.9. The van der Waals surface area contributed by atoms with Crippen molar-refractivity contribution in [2.24, 2.45) is 0 Å². The van der Waals surface area contributed by atoms with Crippen LogP contribution in [0.1, 0.15) is 6.92 Å². The maximum Gasteiger partial charge on any atom is 0.427 e. The first-order valence-corrected chi connectivity index (χ1v) is 5.12. The van der Waals surface area contributed by atoms with E-state index >= 15 is 0 Å². The highest BCUT2D eigenvalue weighted by Crippen LogP contribution is 2.43. The molecule has 0 aromatic heterocycles. The zero-order chi connectivity index (χ0) is 11.9. The van der Waals surface area contributed by atoms with Crippen molar-refractivity contribution in [2.75, 3.05) is 23.4 Å². The average molecular weight is 230 g/mol. The molecule has 1 atom stereocenters. The van der Waals surface area contributed by atoms with Gasteiger partial charge in [-0.1, -0.05) is 12.1 Å². The number of rotatable bonds is 1. The van der Waals surface area contributed by atoms with Gasteiger partial charge in [0.15, 0.2) is 0 Å². The van der Waals surface area contributed by atoms with E-state index in [0.29, 0.717) is 17.9 Å². The second-order valence-electron chi connectivity index (χ2n) is 3.80. The van der Waals surface area contributed by atoms with Crippen LogP contribution in [0.25, 0.3) is 0 Å². The summed E-state index contributed by atoms with van der Waals surface area (Å²) in [6, 6.07) is 6.95. The Morgan fingerprint density at radius 2 is 1.75 bits per heavy atom. The Morgan fingerprint density at radius 1 is 1.19 bits per heavy atom. The largest absolute Gasteiger partial charge is 0.427 e. The molecule has 1 aliphatic rings. The molecule has 1 unspecified atom stereocenters. The van der Waals surface area contributed by atoms with Crippen molar-refractivity contribution < 1.29 is 13.2 Å². The molecule has 0 spiro atoms. The van der Waals surface area contributed by atoms with Gasteiger partial charge in [0.2, 0.25) is 6.17 Å². The number of alkyl halides is 3. The summed E-state index contributed by atoms with van der Waals surface area (Å²) in [7, 11) is 1.48. The van der Waals surface area contributed by atoms with Gasteiger partial charge in [0, 0.05) is 13.6 Å². The van der Waals surface area contributed by atoms with E-state index in [2.05, 4.69) is 0 Å². The van der Waals surface area contributed by atoms with Crippen molar-refractivity contribution in [2.45, 2.75) is 19.3 Å². The summed E-state index contributed by atoms with van der Waals surface area (Å²) in [5.41, 5.74) is 1.28. The number of benzene rings is 1. The van der Waals surface area contributed by atoms with Gasteiger partial charge in [-0.25, -0.2) is 0 Å². The predicted octanol–water partition coefficient (Wildman–Crippen LogP) is 2.85. The molecule has 5 heteroatoms. The van der Waals surface area contributed by atoms with Gasteiger partial charge in [-0.15, -0.1) is 0 Å². The Balaban J connectivity index is 2.47. The lowest BCUT2D eigenvalue weighted by molar-refractivity contribution is -0.146. The van der Waals surface area contributed by atoms with Gasteiger partial charge in [0.1, 0.15) is 0 Å². The normalized spacial score (nSPS) is 20.2. The van der Waals surface area contributed by atoms with Gasteiger partial charge in [-0.3, -0.25) is 0 Å². The van der Waals surface area contributed by atoms with Crippen molar-refractivity contribution in [1.82, 2.24) is 0 Å². The van der Waals surface area contributed by atoms with Crippen LogP contribution in [0.2, 0.25) is 0 Å². The number of fused-ring (bicyclic) bond motifs is 1. The van der Waals surface area contributed by atoms with Gasteiger partial charge in [0.05, 0.1) is 11.4 Å². The third-order valence-electron chi connectivity index (χ3n) is 2.87. The highest BCUT2D eigenvalue weighted by molar-refractivity contribution is 5.77. The van der Waals surface area contributed by atoms with Gasteiger partial charge in [-0.2, -0.15) is 13.2 Å². The molecule has 0 N–H and O–H groups in total. The van der Waals surface area contributed by atoms with Crippen LogP contribution in [0.4, 0.5) is 24.5 Å². The van der Waals surface area contributed by atoms with Crippen molar-refractivity contribution in [3.63, 3.8) is 0 Å². The van der Waals surface area contributed by atoms with Gasteiger partial charge < -0.3 is 9.80 Å². The van der Waals surface area contributed by atoms with Crippen molar-refractivity contribution in [3.8, 4) is 0 Å². The van der Waals surface area contributed by atoms with Gasteiger partial charge in [0.25, 0.3) is 0 Å². The molecule has 2 rings (SSSR count). The van der Waals surface area contributed by atoms with Crippen LogP contribution in [0.3, 0.4) is 0 Å². The fraction of sp³-hybridized carbons (Fsp3) is 0.455. The summed E-state index contributed by atoms with van der Waals surface area (Å²) in [6.45, 7) is 2.07. The number of hydrogen-bond donors (Lipinski definition) is 0. The van der Waals surface area contributed by atoms with E-state index in [1.54, 1.807) is 31.2 Å². The van der Waals surface area contributed by atoms with Crippen molar-refractivity contribution in [3.05, 3.63) is 24.3 Å². The SMILES string of the molecule is CCN1c2ccccc2N(C)C1C(F)(F)F. The van der Waals surface area contributed by atoms with E-state index in [-0.39, 0.29) is 0 Å². The van der Waals surface area contributed by atoms with Gasteiger partial charge >= 0.3 is 6.18 Å². The fourth-order valence-corrected chi connectivity index (χ4v) is 2.22. The Kier molecular flexibility index (Phi) is 2.48. The minimum atomic E-state index is -4.25. The van der Waals surface area contributed by atoms with Crippen molar-refractivity contribution >= 4 is 11.4 Å². The van der Waals surface area contributed by atoms with Crippen LogP contribution in [0.5, 0.6) is 0 Å². The quantitative estimate of drug-likeness (QED) is 0.732. The lowest BCUT2D eigenvalue weighted by atomic mass is 10.2. The van der Waals surface area contributed by atoms with Gasteiger partial charge in [-0.05, 0) is 19.1 Å². The molecule has 0 bridgehead atoms. The summed E-state index contributed by atoms with van der Waals surface area (Å²) >= 11 is 0. The summed E-state index contributed by atoms with van der Waals surface area (Å²) in [5, 5.41) is 0. The smallest absolute Gasteiger partial charge is 0.345 e. The van der Waals surface area contributed by atoms with E-state index in [1.807, 2.05) is 0 Å². The molecule has 1 aromatic carbocycles. The second kappa shape index (κ2) is 3.57. The molecular weight excluding hydrogens is 217 g/mol. The monoisotopic (exact) mass is 230 g/mol.